The summed E-state index contributed by atoms with van der Waals surface area (Å²) in [7, 11) is 0. The van der Waals surface area contributed by atoms with Crippen LogP contribution in [0.3, 0.4) is 0 Å². The third-order valence-electron chi connectivity index (χ3n) is 6.06. The molecule has 5 heteroatoms. The molecule has 1 saturated heterocycles. The summed E-state index contributed by atoms with van der Waals surface area (Å²) in [5.74, 6) is 1.36. The van der Waals surface area contributed by atoms with Gasteiger partial charge in [-0.05, 0) is 61.4 Å². The van der Waals surface area contributed by atoms with E-state index in [-0.39, 0.29) is 30.5 Å². The maximum Gasteiger partial charge on any atom is 0.231 e. The number of ether oxygens (including phenoxy) is 3. The van der Waals surface area contributed by atoms with Crippen LogP contribution in [0.4, 0.5) is 4.39 Å². The van der Waals surface area contributed by atoms with E-state index in [1.807, 2.05) is 36.4 Å². The van der Waals surface area contributed by atoms with E-state index in [9.17, 15) is 4.39 Å². The number of fused-ring (bicyclic) bond motifs is 1. The normalized spacial score (nSPS) is 20.3. The Morgan fingerprint density at radius 2 is 2.00 bits per heavy atom. The lowest BCUT2D eigenvalue weighted by molar-refractivity contribution is 0.0628. The van der Waals surface area contributed by atoms with Crippen LogP contribution in [0.1, 0.15) is 24.9 Å². The minimum Gasteiger partial charge on any atom is -0.493 e. The summed E-state index contributed by atoms with van der Waals surface area (Å²) in [6, 6.07) is 16.1. The van der Waals surface area contributed by atoms with Crippen LogP contribution in [-0.4, -0.2) is 31.4 Å². The van der Waals surface area contributed by atoms with Gasteiger partial charge in [0.15, 0.2) is 17.3 Å². The molecule has 164 valence electrons. The fraction of sp³-hybridized carbons (Fsp3) is 0.333. The van der Waals surface area contributed by atoms with E-state index in [1.54, 1.807) is 0 Å². The number of hydrogen-bond acceptors (Lipinski definition) is 4. The molecule has 32 heavy (non-hydrogen) atoms. The van der Waals surface area contributed by atoms with Gasteiger partial charge in [-0.1, -0.05) is 36.1 Å². The van der Waals surface area contributed by atoms with Crippen LogP contribution in [0.15, 0.2) is 83.9 Å². The molecule has 3 atom stereocenters. The molecule has 0 bridgehead atoms. The third kappa shape index (κ3) is 5.07. The Hall–Kier alpha value is -3.41. The van der Waals surface area contributed by atoms with Gasteiger partial charge in [0.05, 0.1) is 6.61 Å². The number of rotatable bonds is 6. The fourth-order valence-corrected chi connectivity index (χ4v) is 4.25. The van der Waals surface area contributed by atoms with Crippen molar-refractivity contribution in [3.8, 4) is 17.2 Å². The minimum absolute atomic E-state index is 0.0534. The molecule has 0 unspecified atom stereocenters. The van der Waals surface area contributed by atoms with E-state index in [4.69, 9.17) is 14.2 Å². The van der Waals surface area contributed by atoms with Crippen LogP contribution >= 0.6 is 0 Å². The molecule has 2 aromatic carbocycles. The van der Waals surface area contributed by atoms with E-state index in [2.05, 4.69) is 53.5 Å². The number of hydrogen-bond donors (Lipinski definition) is 0. The summed E-state index contributed by atoms with van der Waals surface area (Å²) in [5.41, 5.74) is 11.3. The molecule has 0 radical (unpaired) electrons. The Bertz CT molecular complexity index is 1100. The highest BCUT2D eigenvalue weighted by Crippen LogP contribution is 2.37. The quantitative estimate of drug-likeness (QED) is 0.558. The van der Waals surface area contributed by atoms with Crippen molar-refractivity contribution < 1.29 is 18.6 Å². The Labute approximate surface area is 188 Å². The molecule has 4 nitrogen and oxygen atoms in total. The van der Waals surface area contributed by atoms with Crippen LogP contribution in [0.5, 0.6) is 17.2 Å². The van der Waals surface area contributed by atoms with Gasteiger partial charge in [0.2, 0.25) is 6.79 Å². The summed E-state index contributed by atoms with van der Waals surface area (Å²) in [6.45, 7) is 7.69. The maximum atomic E-state index is 15.0. The molecule has 2 aliphatic rings. The number of nitrogens with zero attached hydrogens (tertiary/aromatic N) is 1. The fourth-order valence-electron chi connectivity index (χ4n) is 4.25. The van der Waals surface area contributed by atoms with Gasteiger partial charge in [-0.2, -0.15) is 0 Å². The van der Waals surface area contributed by atoms with Gasteiger partial charge in [-0.25, -0.2) is 4.39 Å². The number of likely N-dealkylation sites (tertiary alicyclic amines) is 1. The van der Waals surface area contributed by atoms with Gasteiger partial charge in [0, 0.05) is 30.5 Å². The SMILES string of the molecule is C=C=C=C=C=C(F)[C@@H]1CCN([C@@H](C)c2ccccc2)C[C@H]1COc1ccc2c(c1)OCO2. The second-order valence-electron chi connectivity index (χ2n) is 7.96. The average Bonchev–Trinajstić information content (AvgIpc) is 3.30. The van der Waals surface area contributed by atoms with Crippen LogP contribution in [0.25, 0.3) is 0 Å². The average molecular weight is 432 g/mol. The zero-order chi connectivity index (χ0) is 22.3. The summed E-state index contributed by atoms with van der Waals surface area (Å²) in [5, 5.41) is 0. The lowest BCUT2D eigenvalue weighted by Gasteiger charge is -2.40. The largest absolute Gasteiger partial charge is 0.493 e. The first kappa shape index (κ1) is 21.8. The Morgan fingerprint density at radius 3 is 2.81 bits per heavy atom. The minimum atomic E-state index is -0.334. The molecule has 0 aliphatic carbocycles. The van der Waals surface area contributed by atoms with E-state index in [1.165, 1.54) is 5.56 Å². The van der Waals surface area contributed by atoms with Gasteiger partial charge in [0.25, 0.3) is 0 Å². The summed E-state index contributed by atoms with van der Waals surface area (Å²) < 4.78 is 31.8. The number of benzene rings is 2. The maximum absolute atomic E-state index is 15.0. The highest BCUT2D eigenvalue weighted by molar-refractivity contribution is 5.46. The molecular weight excluding hydrogens is 405 g/mol. The second-order valence-corrected chi connectivity index (χ2v) is 7.96. The van der Waals surface area contributed by atoms with Crippen molar-refractivity contribution in [2.75, 3.05) is 26.5 Å². The molecular formula is C27H26FNO3. The predicted octanol–water partition coefficient (Wildman–Crippen LogP) is 5.60. The van der Waals surface area contributed by atoms with Crippen LogP contribution in [-0.2, 0) is 0 Å². The molecule has 2 aliphatic heterocycles. The number of piperidine rings is 1. The van der Waals surface area contributed by atoms with Crippen molar-refractivity contribution in [2.45, 2.75) is 19.4 Å². The second kappa shape index (κ2) is 10.3. The summed E-state index contributed by atoms with van der Waals surface area (Å²) in [6.07, 6.45) is 0.671. The smallest absolute Gasteiger partial charge is 0.231 e. The molecule has 4 rings (SSSR count). The molecule has 1 fully saturated rings. The number of allylic oxidation sites excluding steroid dienone is 1. The molecule has 2 aromatic rings. The van der Waals surface area contributed by atoms with E-state index in [0.717, 1.165) is 6.54 Å². The summed E-state index contributed by atoms with van der Waals surface area (Å²) >= 11 is 0. The van der Waals surface area contributed by atoms with Crippen molar-refractivity contribution in [3.63, 3.8) is 0 Å². The Kier molecular flexibility index (Phi) is 7.00. The topological polar surface area (TPSA) is 30.9 Å². The lowest BCUT2D eigenvalue weighted by atomic mass is 9.84. The van der Waals surface area contributed by atoms with E-state index >= 15 is 0 Å². The Morgan fingerprint density at radius 1 is 1.19 bits per heavy atom. The third-order valence-corrected chi connectivity index (χ3v) is 6.06. The van der Waals surface area contributed by atoms with Gasteiger partial charge in [0.1, 0.15) is 5.75 Å². The van der Waals surface area contributed by atoms with E-state index < -0.39 is 0 Å². The van der Waals surface area contributed by atoms with Crippen molar-refractivity contribution in [3.05, 3.63) is 89.4 Å². The highest BCUT2D eigenvalue weighted by Gasteiger charge is 2.35. The molecule has 0 spiro atoms. The first-order valence-electron chi connectivity index (χ1n) is 10.8. The first-order chi connectivity index (χ1) is 15.7. The lowest BCUT2D eigenvalue weighted by Crippen LogP contribution is -2.44. The standard InChI is InChI=1S/C27H26FNO3/c1-3-4-6-11-25(28)24-14-15-29(20(2)21-9-7-5-8-10-21)17-22(24)18-30-23-12-13-26-27(16-23)32-19-31-26/h5,7-10,12-13,16,20,22,24H,1,14-15,17-19H2,2H3/t20-,22-,24+/m0/s1. The first-order valence-corrected chi connectivity index (χ1v) is 10.8. The zero-order valence-corrected chi connectivity index (χ0v) is 18.1. The molecule has 0 amide bonds. The van der Waals surface area contributed by atoms with Crippen LogP contribution in [0, 0.1) is 11.8 Å². The molecule has 0 aromatic heterocycles. The Balaban J connectivity index is 1.53. The van der Waals surface area contributed by atoms with Gasteiger partial charge in [-0.15, -0.1) is 0 Å². The molecule has 2 heterocycles. The molecule has 0 N–H and O–H groups in total. The van der Waals surface area contributed by atoms with Crippen molar-refractivity contribution in [1.29, 1.82) is 0 Å². The van der Waals surface area contributed by atoms with Gasteiger partial charge >= 0.3 is 0 Å². The van der Waals surface area contributed by atoms with Gasteiger partial charge < -0.3 is 14.2 Å². The number of halogens is 1. The summed E-state index contributed by atoms with van der Waals surface area (Å²) in [4.78, 5) is 2.38. The highest BCUT2D eigenvalue weighted by atomic mass is 19.1. The zero-order valence-electron chi connectivity index (χ0n) is 18.1. The monoisotopic (exact) mass is 431 g/mol. The molecule has 0 saturated carbocycles. The van der Waals surface area contributed by atoms with Crippen molar-refractivity contribution in [2.24, 2.45) is 11.8 Å². The predicted molar refractivity (Wildman–Crippen MR) is 120 cm³/mol. The van der Waals surface area contributed by atoms with Gasteiger partial charge in [-0.3, -0.25) is 4.90 Å². The van der Waals surface area contributed by atoms with Crippen molar-refractivity contribution in [1.82, 2.24) is 4.90 Å². The van der Waals surface area contributed by atoms with Crippen molar-refractivity contribution >= 4 is 0 Å². The van der Waals surface area contributed by atoms with E-state index in [0.29, 0.717) is 36.8 Å². The van der Waals surface area contributed by atoms with Crippen LogP contribution in [0.2, 0.25) is 0 Å². The van der Waals surface area contributed by atoms with Crippen LogP contribution < -0.4 is 14.2 Å².